The minimum absolute atomic E-state index is 0.0421. The molecule has 0 saturated carbocycles. The van der Waals surface area contributed by atoms with Crippen molar-refractivity contribution in [2.75, 3.05) is 24.9 Å². The topological polar surface area (TPSA) is 152 Å². The standard InChI is InChI=1S/C16H13F2N3O.C12H14N4O4S2/c17-13-7-5-12(6-8-13)16(22,9-21-11-19-10-20-21)14-3-1-2-4-15(14)18;1-19-11(17)15-9(21)13-7-5-3-4-6-8(7)14-10(22)16-12(18)20-2/h1-8,10-11,22H,9H2;3-6H,1-2H3,(H2,13,15,17,21)(H2,14,16,18,22). The molecule has 16 heteroatoms. The van der Waals surface area contributed by atoms with Crippen LogP contribution in [0.3, 0.4) is 0 Å². The average molecular weight is 644 g/mol. The molecule has 0 aliphatic carbocycles. The predicted molar refractivity (Wildman–Crippen MR) is 166 cm³/mol. The number of ether oxygens (including phenoxy) is 2. The number of carbonyl (C=O) groups is 2. The summed E-state index contributed by atoms with van der Waals surface area (Å²) >= 11 is 9.93. The molecule has 3 aromatic carbocycles. The number of carbonyl (C=O) groups excluding carboxylic acids is 2. The molecule has 12 nitrogen and oxygen atoms in total. The number of methoxy groups -OCH3 is 2. The second-order valence-corrected chi connectivity index (χ2v) is 9.44. The summed E-state index contributed by atoms with van der Waals surface area (Å²) in [5.41, 5.74) is -0.144. The Bertz CT molecular complexity index is 1540. The van der Waals surface area contributed by atoms with Gasteiger partial charge in [-0.15, -0.1) is 0 Å². The Labute approximate surface area is 261 Å². The van der Waals surface area contributed by atoms with E-state index < -0.39 is 29.4 Å². The number of aromatic nitrogens is 3. The Morgan fingerprint density at radius 1 is 0.864 bits per heavy atom. The van der Waals surface area contributed by atoms with Gasteiger partial charge < -0.3 is 25.2 Å². The summed E-state index contributed by atoms with van der Waals surface area (Å²) in [6, 6.07) is 18.2. The van der Waals surface area contributed by atoms with Gasteiger partial charge in [0, 0.05) is 5.56 Å². The minimum Gasteiger partial charge on any atom is -0.453 e. The maximum absolute atomic E-state index is 14.2. The van der Waals surface area contributed by atoms with Crippen molar-refractivity contribution in [3.63, 3.8) is 0 Å². The molecule has 1 atom stereocenters. The first-order chi connectivity index (χ1) is 21.0. The number of hydrogen-bond donors (Lipinski definition) is 5. The van der Waals surface area contributed by atoms with Gasteiger partial charge in [-0.2, -0.15) is 5.10 Å². The normalized spacial score (nSPS) is 11.5. The first-order valence-electron chi connectivity index (χ1n) is 12.5. The summed E-state index contributed by atoms with van der Waals surface area (Å²) in [5.74, 6) is -0.977. The smallest absolute Gasteiger partial charge is 0.413 e. The summed E-state index contributed by atoms with van der Waals surface area (Å²) < 4.78 is 37.6. The summed E-state index contributed by atoms with van der Waals surface area (Å²) in [4.78, 5) is 26.0. The molecule has 0 fully saturated rings. The number of hydrogen-bond acceptors (Lipinski definition) is 9. The van der Waals surface area contributed by atoms with Crippen LogP contribution in [0.4, 0.5) is 29.7 Å². The highest BCUT2D eigenvalue weighted by Crippen LogP contribution is 2.33. The van der Waals surface area contributed by atoms with Gasteiger partial charge in [-0.3, -0.25) is 10.6 Å². The number of aliphatic hydroxyl groups is 1. The molecule has 4 aromatic rings. The van der Waals surface area contributed by atoms with Crippen molar-refractivity contribution in [2.45, 2.75) is 12.1 Å². The fourth-order valence-corrected chi connectivity index (χ4v) is 4.09. The van der Waals surface area contributed by atoms with E-state index in [1.807, 2.05) is 0 Å². The van der Waals surface area contributed by atoms with Crippen LogP contribution in [0.1, 0.15) is 11.1 Å². The monoisotopic (exact) mass is 643 g/mol. The number of amides is 2. The molecule has 5 N–H and O–H groups in total. The van der Waals surface area contributed by atoms with E-state index in [-0.39, 0.29) is 22.3 Å². The SMILES string of the molecule is COC(=O)NC(=S)Nc1ccccc1NC(=S)NC(=O)OC.OC(Cn1cncn1)(c1ccc(F)cc1)c1ccccc1F. The van der Waals surface area contributed by atoms with Crippen molar-refractivity contribution in [3.05, 3.63) is 108 Å². The zero-order valence-electron chi connectivity index (χ0n) is 23.3. The minimum atomic E-state index is -1.69. The van der Waals surface area contributed by atoms with Crippen LogP contribution in [0.15, 0.2) is 85.5 Å². The number of anilines is 2. The molecule has 0 spiro atoms. The van der Waals surface area contributed by atoms with Gasteiger partial charge in [-0.25, -0.2) is 28.0 Å². The van der Waals surface area contributed by atoms with Gasteiger partial charge in [0.25, 0.3) is 0 Å². The van der Waals surface area contributed by atoms with E-state index in [1.54, 1.807) is 36.4 Å². The van der Waals surface area contributed by atoms with E-state index in [1.165, 1.54) is 68.0 Å². The maximum Gasteiger partial charge on any atom is 0.413 e. The number of alkyl carbamates (subject to hydrolysis) is 2. The summed E-state index contributed by atoms with van der Waals surface area (Å²) in [7, 11) is 2.45. The molecule has 0 bridgehead atoms. The van der Waals surface area contributed by atoms with Crippen LogP contribution in [0.25, 0.3) is 0 Å². The second kappa shape index (κ2) is 16.0. The lowest BCUT2D eigenvalue weighted by Crippen LogP contribution is -2.35. The highest BCUT2D eigenvalue weighted by Gasteiger charge is 2.35. The molecule has 2 amide bonds. The fourth-order valence-electron chi connectivity index (χ4n) is 3.70. The lowest BCUT2D eigenvalue weighted by Gasteiger charge is -2.29. The van der Waals surface area contributed by atoms with Crippen molar-refractivity contribution in [1.82, 2.24) is 25.4 Å². The molecule has 0 aliphatic heterocycles. The molecule has 0 aliphatic rings. The molecule has 4 rings (SSSR count). The molecular weight excluding hydrogens is 616 g/mol. The molecule has 1 heterocycles. The number of para-hydroxylation sites is 2. The zero-order valence-corrected chi connectivity index (χ0v) is 24.9. The lowest BCUT2D eigenvalue weighted by atomic mass is 9.86. The molecule has 1 aromatic heterocycles. The van der Waals surface area contributed by atoms with Gasteiger partial charge in [0.15, 0.2) is 10.2 Å². The Morgan fingerprint density at radius 3 is 1.86 bits per heavy atom. The largest absolute Gasteiger partial charge is 0.453 e. The van der Waals surface area contributed by atoms with E-state index in [9.17, 15) is 23.5 Å². The van der Waals surface area contributed by atoms with Gasteiger partial charge in [-0.05, 0) is 60.3 Å². The van der Waals surface area contributed by atoms with Crippen molar-refractivity contribution in [2.24, 2.45) is 0 Å². The number of benzene rings is 3. The summed E-state index contributed by atoms with van der Waals surface area (Å²) in [6.07, 6.45) is 1.37. The third-order valence-electron chi connectivity index (χ3n) is 5.72. The van der Waals surface area contributed by atoms with Crippen LogP contribution in [0.2, 0.25) is 0 Å². The average Bonchev–Trinajstić information content (AvgIpc) is 3.51. The summed E-state index contributed by atoms with van der Waals surface area (Å²) in [6.45, 7) is -0.0421. The van der Waals surface area contributed by atoms with Crippen molar-refractivity contribution >= 4 is 58.2 Å². The maximum atomic E-state index is 14.2. The number of rotatable bonds is 6. The van der Waals surface area contributed by atoms with Gasteiger partial charge in [0.1, 0.15) is 29.9 Å². The van der Waals surface area contributed by atoms with E-state index >= 15 is 0 Å². The third-order valence-corrected chi connectivity index (χ3v) is 6.13. The van der Waals surface area contributed by atoms with Crippen LogP contribution in [0.5, 0.6) is 0 Å². The van der Waals surface area contributed by atoms with Crippen LogP contribution < -0.4 is 21.3 Å². The zero-order chi connectivity index (χ0) is 32.1. The van der Waals surface area contributed by atoms with Crippen LogP contribution in [0, 0.1) is 11.6 Å². The molecule has 0 saturated heterocycles. The first-order valence-corrected chi connectivity index (χ1v) is 13.3. The van der Waals surface area contributed by atoms with Gasteiger partial charge >= 0.3 is 12.2 Å². The first kappa shape index (κ1) is 33.4. The number of halogens is 2. The van der Waals surface area contributed by atoms with Crippen LogP contribution in [-0.4, -0.2) is 56.5 Å². The molecule has 0 radical (unpaired) electrons. The highest BCUT2D eigenvalue weighted by atomic mass is 32.1. The third kappa shape index (κ3) is 9.48. The van der Waals surface area contributed by atoms with Crippen molar-refractivity contribution in [3.8, 4) is 0 Å². The van der Waals surface area contributed by atoms with Gasteiger partial charge in [0.05, 0.1) is 32.1 Å². The summed E-state index contributed by atoms with van der Waals surface area (Å²) in [5, 5.41) is 25.4. The molecule has 44 heavy (non-hydrogen) atoms. The van der Waals surface area contributed by atoms with Crippen LogP contribution >= 0.6 is 24.4 Å². The Kier molecular flexibility index (Phi) is 12.1. The molecule has 1 unspecified atom stereocenters. The van der Waals surface area contributed by atoms with E-state index in [0.717, 1.165) is 0 Å². The van der Waals surface area contributed by atoms with Crippen LogP contribution in [-0.2, 0) is 21.6 Å². The number of nitrogens with zero attached hydrogens (tertiary/aromatic N) is 3. The fraction of sp³-hybridized carbons (Fsp3) is 0.143. The van der Waals surface area contributed by atoms with E-state index in [2.05, 4.69) is 40.8 Å². The predicted octanol–water partition coefficient (Wildman–Crippen LogP) is 4.28. The second-order valence-electron chi connectivity index (χ2n) is 8.63. The Morgan fingerprint density at radius 2 is 1.39 bits per heavy atom. The number of nitrogens with one attached hydrogen (secondary N) is 4. The van der Waals surface area contributed by atoms with Crippen molar-refractivity contribution in [1.29, 1.82) is 0 Å². The molecule has 230 valence electrons. The number of thiocarbonyl (C=S) groups is 2. The lowest BCUT2D eigenvalue weighted by molar-refractivity contribution is 0.0535. The highest BCUT2D eigenvalue weighted by molar-refractivity contribution is 7.80. The van der Waals surface area contributed by atoms with Crippen molar-refractivity contribution < 1.29 is 33.0 Å². The van der Waals surface area contributed by atoms with Gasteiger partial charge in [0.2, 0.25) is 0 Å². The quantitative estimate of drug-likeness (QED) is 0.192. The van der Waals surface area contributed by atoms with E-state index in [4.69, 9.17) is 24.4 Å². The van der Waals surface area contributed by atoms with Gasteiger partial charge in [-0.1, -0.05) is 42.5 Å². The molecular formula is C28H27F2N7O5S2. The Balaban J connectivity index is 0.000000240. The van der Waals surface area contributed by atoms with E-state index in [0.29, 0.717) is 16.9 Å². The Hall–Kier alpha value is -5.06.